The van der Waals surface area contributed by atoms with Gasteiger partial charge in [0.15, 0.2) is 0 Å². The van der Waals surface area contributed by atoms with Crippen molar-refractivity contribution in [2.45, 2.75) is 13.0 Å². The van der Waals surface area contributed by atoms with Gasteiger partial charge in [0.25, 0.3) is 5.91 Å². The Kier molecular flexibility index (Phi) is 5.55. The molecule has 3 rings (SSSR count). The number of nitrogen functional groups attached to an aromatic ring is 1. The lowest BCUT2D eigenvalue weighted by Crippen LogP contribution is -2.33. The van der Waals surface area contributed by atoms with Crippen LogP contribution in [0.15, 0.2) is 42.5 Å². The second kappa shape index (κ2) is 8.05. The van der Waals surface area contributed by atoms with Gasteiger partial charge in [-0.15, -0.1) is 0 Å². The molecule has 1 saturated heterocycles. The fourth-order valence-corrected chi connectivity index (χ4v) is 2.89. The molecule has 1 aliphatic rings. The highest BCUT2D eigenvalue weighted by molar-refractivity contribution is 5.94. The van der Waals surface area contributed by atoms with E-state index in [1.807, 2.05) is 5.43 Å². The second-order valence-electron chi connectivity index (χ2n) is 6.27. The summed E-state index contributed by atoms with van der Waals surface area (Å²) in [6.07, 6.45) is -1.10. The van der Waals surface area contributed by atoms with Gasteiger partial charge in [0.1, 0.15) is 11.9 Å². The molecule has 0 unspecified atom stereocenters. The number of nitrogens with zero attached hydrogens (tertiary/aromatic N) is 1. The van der Waals surface area contributed by atoms with Gasteiger partial charge in [-0.25, -0.2) is 15.0 Å². The number of benzene rings is 2. The normalized spacial score (nSPS) is 15.9. The minimum Gasteiger partial charge on any atom is -0.442 e. The molecule has 0 spiro atoms. The lowest BCUT2D eigenvalue weighted by molar-refractivity contribution is -0.119. The zero-order valence-corrected chi connectivity index (χ0v) is 15.1. The third-order valence-electron chi connectivity index (χ3n) is 4.31. The van der Waals surface area contributed by atoms with E-state index in [4.69, 9.17) is 10.6 Å². The van der Waals surface area contributed by atoms with E-state index < -0.39 is 23.9 Å². The maximum Gasteiger partial charge on any atom is 0.414 e. The van der Waals surface area contributed by atoms with Crippen LogP contribution >= 0.6 is 0 Å². The van der Waals surface area contributed by atoms with Gasteiger partial charge in [-0.2, -0.15) is 0 Å². The molecule has 8 nitrogen and oxygen atoms in total. The summed E-state index contributed by atoms with van der Waals surface area (Å²) in [5, 5.41) is 2.59. The van der Waals surface area contributed by atoms with Crippen LogP contribution in [0.1, 0.15) is 17.3 Å². The molecule has 0 aromatic heterocycles. The summed E-state index contributed by atoms with van der Waals surface area (Å²) in [6.45, 7) is 1.78. The highest BCUT2D eigenvalue weighted by atomic mass is 19.1. The topological polar surface area (TPSA) is 114 Å². The summed E-state index contributed by atoms with van der Waals surface area (Å²) in [7, 11) is 0. The molecule has 1 atom stereocenters. The number of carbonyl (C=O) groups excluding carboxylic acids is 3. The van der Waals surface area contributed by atoms with E-state index in [1.54, 1.807) is 24.3 Å². The van der Waals surface area contributed by atoms with Crippen LogP contribution in [0.5, 0.6) is 0 Å². The number of hydrogen-bond donors (Lipinski definition) is 3. The molecule has 0 bridgehead atoms. The summed E-state index contributed by atoms with van der Waals surface area (Å²) < 4.78 is 19.8. The Balaban J connectivity index is 1.76. The molecule has 9 heteroatoms. The molecule has 146 valence electrons. The van der Waals surface area contributed by atoms with Gasteiger partial charge in [0, 0.05) is 18.1 Å². The molecule has 1 aliphatic heterocycles. The Bertz CT molecular complexity index is 917. The number of anilines is 1. The second-order valence-corrected chi connectivity index (χ2v) is 6.27. The van der Waals surface area contributed by atoms with E-state index >= 15 is 0 Å². The standard InChI is InChI=1S/C19H19FN4O4/c1-11(25)22-9-15-10-24(19(27)28-15)14-6-7-16(17(20)8-14)12-2-4-13(5-3-12)18(26)23-21/h2-8,15H,9-10,21H2,1H3,(H,22,25)(H,23,26)/t15-/m0/s1. The van der Waals surface area contributed by atoms with E-state index in [-0.39, 0.29) is 19.0 Å². The maximum absolute atomic E-state index is 14.7. The first kappa shape index (κ1) is 19.3. The number of cyclic esters (lactones) is 1. The molecule has 3 amide bonds. The predicted molar refractivity (Wildman–Crippen MR) is 99.8 cm³/mol. The number of rotatable bonds is 5. The summed E-state index contributed by atoms with van der Waals surface area (Å²) >= 11 is 0. The number of carbonyl (C=O) groups is 3. The molecule has 1 fully saturated rings. The molecule has 2 aromatic carbocycles. The van der Waals surface area contributed by atoms with Gasteiger partial charge in [0.05, 0.1) is 18.8 Å². The van der Waals surface area contributed by atoms with Crippen molar-refractivity contribution >= 4 is 23.6 Å². The van der Waals surface area contributed by atoms with Crippen molar-refractivity contribution in [3.8, 4) is 11.1 Å². The van der Waals surface area contributed by atoms with Crippen LogP contribution in [-0.4, -0.2) is 37.1 Å². The Hall–Kier alpha value is -3.46. The predicted octanol–water partition coefficient (Wildman–Crippen LogP) is 1.56. The van der Waals surface area contributed by atoms with E-state index in [2.05, 4.69) is 5.32 Å². The number of nitrogens with two attached hydrogens (primary N) is 1. The molecule has 1 heterocycles. The quantitative estimate of drug-likeness (QED) is 0.410. The zero-order valence-electron chi connectivity index (χ0n) is 15.1. The lowest BCUT2D eigenvalue weighted by Gasteiger charge is -2.14. The number of ether oxygens (including phenoxy) is 1. The number of hydrazine groups is 1. The average molecular weight is 386 g/mol. The summed E-state index contributed by atoms with van der Waals surface area (Å²) in [5.74, 6) is 3.90. The van der Waals surface area contributed by atoms with Gasteiger partial charge in [-0.3, -0.25) is 19.9 Å². The highest BCUT2D eigenvalue weighted by Crippen LogP contribution is 2.29. The largest absolute Gasteiger partial charge is 0.442 e. The molecule has 4 N–H and O–H groups in total. The third kappa shape index (κ3) is 4.09. The first-order valence-corrected chi connectivity index (χ1v) is 8.52. The number of amides is 3. The van der Waals surface area contributed by atoms with Gasteiger partial charge < -0.3 is 10.1 Å². The Morgan fingerprint density at radius 3 is 2.57 bits per heavy atom. The van der Waals surface area contributed by atoms with E-state index in [9.17, 15) is 18.8 Å². The minimum absolute atomic E-state index is 0.195. The molecule has 0 saturated carbocycles. The fraction of sp³-hybridized carbons (Fsp3) is 0.211. The average Bonchev–Trinajstić information content (AvgIpc) is 3.06. The number of halogens is 1. The zero-order chi connectivity index (χ0) is 20.3. The molecule has 0 aliphatic carbocycles. The molecular weight excluding hydrogens is 367 g/mol. The SMILES string of the molecule is CC(=O)NC[C@H]1CN(c2ccc(-c3ccc(C(=O)NN)cc3)c(F)c2)C(=O)O1. The van der Waals surface area contributed by atoms with Crippen molar-refractivity contribution in [3.63, 3.8) is 0 Å². The van der Waals surface area contributed by atoms with Gasteiger partial charge >= 0.3 is 6.09 Å². The summed E-state index contributed by atoms with van der Waals surface area (Å²) in [5.41, 5.74) is 3.64. The first-order chi connectivity index (χ1) is 13.4. The Morgan fingerprint density at radius 2 is 1.96 bits per heavy atom. The Labute approximate surface area is 160 Å². The van der Waals surface area contributed by atoms with Crippen LogP contribution < -0.4 is 21.5 Å². The van der Waals surface area contributed by atoms with Gasteiger partial charge in [-0.05, 0) is 35.9 Å². The van der Waals surface area contributed by atoms with Crippen molar-refractivity contribution in [1.29, 1.82) is 0 Å². The van der Waals surface area contributed by atoms with Crippen molar-refractivity contribution in [1.82, 2.24) is 10.7 Å². The number of nitrogens with one attached hydrogen (secondary N) is 2. The van der Waals surface area contributed by atoms with E-state index in [0.717, 1.165) is 0 Å². The first-order valence-electron chi connectivity index (χ1n) is 8.52. The smallest absolute Gasteiger partial charge is 0.414 e. The molecule has 2 aromatic rings. The van der Waals surface area contributed by atoms with Crippen LogP contribution in [0.4, 0.5) is 14.9 Å². The molecular formula is C19H19FN4O4. The van der Waals surface area contributed by atoms with E-state index in [0.29, 0.717) is 22.4 Å². The Morgan fingerprint density at radius 1 is 1.25 bits per heavy atom. The van der Waals surface area contributed by atoms with Crippen LogP contribution in [0, 0.1) is 5.82 Å². The third-order valence-corrected chi connectivity index (χ3v) is 4.31. The van der Waals surface area contributed by atoms with Crippen molar-refractivity contribution < 1.29 is 23.5 Å². The van der Waals surface area contributed by atoms with Gasteiger partial charge in [0.2, 0.25) is 5.91 Å². The number of hydrogen-bond acceptors (Lipinski definition) is 5. The lowest BCUT2D eigenvalue weighted by atomic mass is 10.0. The maximum atomic E-state index is 14.7. The minimum atomic E-state index is -0.598. The molecule has 0 radical (unpaired) electrons. The van der Waals surface area contributed by atoms with Crippen LogP contribution in [0.3, 0.4) is 0 Å². The highest BCUT2D eigenvalue weighted by Gasteiger charge is 2.32. The summed E-state index contributed by atoms with van der Waals surface area (Å²) in [6, 6.07) is 10.7. The van der Waals surface area contributed by atoms with Crippen LogP contribution in [-0.2, 0) is 9.53 Å². The van der Waals surface area contributed by atoms with Crippen LogP contribution in [0.2, 0.25) is 0 Å². The van der Waals surface area contributed by atoms with Crippen molar-refractivity contribution in [2.75, 3.05) is 18.0 Å². The fourth-order valence-electron chi connectivity index (χ4n) is 2.89. The van der Waals surface area contributed by atoms with Gasteiger partial charge in [-0.1, -0.05) is 12.1 Å². The van der Waals surface area contributed by atoms with Crippen molar-refractivity contribution in [2.24, 2.45) is 5.84 Å². The van der Waals surface area contributed by atoms with Crippen molar-refractivity contribution in [3.05, 3.63) is 53.8 Å². The monoisotopic (exact) mass is 386 g/mol. The molecule has 28 heavy (non-hydrogen) atoms. The van der Waals surface area contributed by atoms with E-state index in [1.165, 1.54) is 30.0 Å². The van der Waals surface area contributed by atoms with Crippen LogP contribution in [0.25, 0.3) is 11.1 Å². The summed E-state index contributed by atoms with van der Waals surface area (Å²) in [4.78, 5) is 35.8.